The Hall–Kier alpha value is -0.880. The van der Waals surface area contributed by atoms with Crippen LogP contribution in [0.5, 0.6) is 0 Å². The van der Waals surface area contributed by atoms with E-state index in [1.165, 1.54) is 25.9 Å². The molecule has 1 aliphatic rings. The second-order valence-corrected chi connectivity index (χ2v) is 6.02. The molecule has 0 radical (unpaired) electrons. The highest BCUT2D eigenvalue weighted by atomic mass is 16.5. The van der Waals surface area contributed by atoms with Crippen LogP contribution in [0.1, 0.15) is 25.5 Å². The van der Waals surface area contributed by atoms with Gasteiger partial charge in [0.05, 0.1) is 19.0 Å². The Morgan fingerprint density at radius 2 is 2.19 bits per heavy atom. The summed E-state index contributed by atoms with van der Waals surface area (Å²) in [6.07, 6.45) is 3.83. The molecule has 1 aromatic rings. The zero-order chi connectivity index (χ0) is 14.9. The van der Waals surface area contributed by atoms with Crippen molar-refractivity contribution in [2.24, 2.45) is 5.92 Å². The van der Waals surface area contributed by atoms with Gasteiger partial charge in [-0.1, -0.05) is 6.92 Å². The maximum Gasteiger partial charge on any atom is 0.129 e. The summed E-state index contributed by atoms with van der Waals surface area (Å²) in [6.45, 7) is 8.14. The lowest BCUT2D eigenvalue weighted by Gasteiger charge is -2.21. The molecule has 1 fully saturated rings. The number of nitrogens with zero attached hydrogens (tertiary/aromatic N) is 1. The Bertz CT molecular complexity index is 364. The largest absolute Gasteiger partial charge is 0.467 e. The molecule has 120 valence electrons. The summed E-state index contributed by atoms with van der Waals surface area (Å²) in [5, 5.41) is 13.2. The average Bonchev–Trinajstić information content (AvgIpc) is 3.12. The van der Waals surface area contributed by atoms with E-state index in [9.17, 15) is 5.11 Å². The van der Waals surface area contributed by atoms with Crippen LogP contribution < -0.4 is 5.32 Å². The molecule has 0 spiro atoms. The van der Waals surface area contributed by atoms with Crippen molar-refractivity contribution in [1.29, 1.82) is 0 Å². The van der Waals surface area contributed by atoms with Gasteiger partial charge >= 0.3 is 0 Å². The standard InChI is InChI=1S/C16H28N2O3/c1-14(11-18-6-2-3-7-18)9-17-10-15(19)12-20-13-16-5-4-8-21-16/h4-5,8,14-15,17,19H,2-3,6-7,9-13H2,1H3. The molecule has 2 rings (SSSR count). The minimum Gasteiger partial charge on any atom is -0.467 e. The fourth-order valence-electron chi connectivity index (χ4n) is 2.72. The SMILES string of the molecule is CC(CNCC(O)COCc1ccco1)CN1CCCC1. The smallest absolute Gasteiger partial charge is 0.129 e. The minimum atomic E-state index is -0.473. The molecule has 1 aliphatic heterocycles. The van der Waals surface area contributed by atoms with Crippen LogP contribution in [0, 0.1) is 5.92 Å². The van der Waals surface area contributed by atoms with Gasteiger partial charge in [0.2, 0.25) is 0 Å². The summed E-state index contributed by atoms with van der Waals surface area (Å²) in [5.41, 5.74) is 0. The van der Waals surface area contributed by atoms with Gasteiger partial charge in [-0.05, 0) is 50.5 Å². The number of hydrogen-bond donors (Lipinski definition) is 2. The third kappa shape index (κ3) is 6.61. The molecule has 0 saturated carbocycles. The molecule has 2 unspecified atom stereocenters. The molecule has 1 aromatic heterocycles. The van der Waals surface area contributed by atoms with E-state index in [0.29, 0.717) is 25.7 Å². The lowest BCUT2D eigenvalue weighted by molar-refractivity contribution is 0.0223. The second kappa shape index (κ2) is 9.20. The monoisotopic (exact) mass is 296 g/mol. The van der Waals surface area contributed by atoms with Gasteiger partial charge < -0.3 is 24.5 Å². The van der Waals surface area contributed by atoms with E-state index in [-0.39, 0.29) is 0 Å². The first kappa shape index (κ1) is 16.5. The van der Waals surface area contributed by atoms with Crippen LogP contribution in [-0.2, 0) is 11.3 Å². The van der Waals surface area contributed by atoms with Crippen LogP contribution in [0.4, 0.5) is 0 Å². The number of furan rings is 1. The van der Waals surface area contributed by atoms with Crippen molar-refractivity contribution in [1.82, 2.24) is 10.2 Å². The van der Waals surface area contributed by atoms with Gasteiger partial charge in [0.15, 0.2) is 0 Å². The third-order valence-corrected chi connectivity index (χ3v) is 3.78. The van der Waals surface area contributed by atoms with E-state index in [1.54, 1.807) is 6.26 Å². The maximum atomic E-state index is 9.85. The molecule has 2 N–H and O–H groups in total. The van der Waals surface area contributed by atoms with Gasteiger partial charge in [-0.2, -0.15) is 0 Å². The fraction of sp³-hybridized carbons (Fsp3) is 0.750. The Labute approximate surface area is 127 Å². The van der Waals surface area contributed by atoms with Crippen molar-refractivity contribution in [3.63, 3.8) is 0 Å². The van der Waals surface area contributed by atoms with Crippen LogP contribution in [0.3, 0.4) is 0 Å². The van der Waals surface area contributed by atoms with E-state index in [2.05, 4.69) is 17.1 Å². The number of ether oxygens (including phenoxy) is 1. The normalized spacial score (nSPS) is 19.0. The highest BCUT2D eigenvalue weighted by molar-refractivity contribution is 4.96. The zero-order valence-corrected chi connectivity index (χ0v) is 13.0. The topological polar surface area (TPSA) is 57.9 Å². The van der Waals surface area contributed by atoms with E-state index in [4.69, 9.17) is 9.15 Å². The van der Waals surface area contributed by atoms with Crippen LogP contribution in [0.2, 0.25) is 0 Å². The highest BCUT2D eigenvalue weighted by Crippen LogP contribution is 2.09. The van der Waals surface area contributed by atoms with Crippen LogP contribution >= 0.6 is 0 Å². The number of rotatable bonds is 10. The molecule has 2 heterocycles. The third-order valence-electron chi connectivity index (χ3n) is 3.78. The summed E-state index contributed by atoms with van der Waals surface area (Å²) in [7, 11) is 0. The molecule has 5 nitrogen and oxygen atoms in total. The first-order valence-electron chi connectivity index (χ1n) is 7.95. The highest BCUT2D eigenvalue weighted by Gasteiger charge is 2.14. The van der Waals surface area contributed by atoms with Crippen molar-refractivity contribution in [3.05, 3.63) is 24.2 Å². The first-order chi connectivity index (χ1) is 10.2. The summed E-state index contributed by atoms with van der Waals surface area (Å²) in [5.74, 6) is 1.40. The molecule has 0 aliphatic carbocycles. The molecular weight excluding hydrogens is 268 g/mol. The first-order valence-corrected chi connectivity index (χ1v) is 7.95. The van der Waals surface area contributed by atoms with E-state index >= 15 is 0 Å². The van der Waals surface area contributed by atoms with Crippen molar-refractivity contribution >= 4 is 0 Å². The Balaban J connectivity index is 1.47. The Morgan fingerprint density at radius 3 is 2.90 bits per heavy atom. The van der Waals surface area contributed by atoms with Crippen molar-refractivity contribution in [3.8, 4) is 0 Å². The van der Waals surface area contributed by atoms with Gasteiger partial charge in [-0.15, -0.1) is 0 Å². The number of nitrogens with one attached hydrogen (secondary N) is 1. The maximum absolute atomic E-state index is 9.85. The van der Waals surface area contributed by atoms with E-state index in [1.807, 2.05) is 12.1 Å². The summed E-state index contributed by atoms with van der Waals surface area (Å²) in [4.78, 5) is 2.52. The predicted molar refractivity (Wildman–Crippen MR) is 82.1 cm³/mol. The number of aliphatic hydroxyl groups excluding tert-OH is 1. The second-order valence-electron chi connectivity index (χ2n) is 6.02. The molecule has 0 amide bonds. The van der Waals surface area contributed by atoms with Gasteiger partial charge in [-0.25, -0.2) is 0 Å². The Kier molecular flexibility index (Phi) is 7.23. The number of likely N-dealkylation sites (tertiary alicyclic amines) is 1. The quantitative estimate of drug-likeness (QED) is 0.685. The van der Waals surface area contributed by atoms with Gasteiger partial charge in [0, 0.05) is 13.1 Å². The number of hydrogen-bond acceptors (Lipinski definition) is 5. The molecule has 0 bridgehead atoms. The lowest BCUT2D eigenvalue weighted by Crippen LogP contribution is -2.36. The van der Waals surface area contributed by atoms with Gasteiger partial charge in [0.1, 0.15) is 12.4 Å². The van der Waals surface area contributed by atoms with Gasteiger partial charge in [-0.3, -0.25) is 0 Å². The van der Waals surface area contributed by atoms with Crippen LogP contribution in [0.15, 0.2) is 22.8 Å². The van der Waals surface area contributed by atoms with Crippen molar-refractivity contribution < 1.29 is 14.3 Å². The molecule has 5 heteroatoms. The fourth-order valence-corrected chi connectivity index (χ4v) is 2.72. The summed E-state index contributed by atoms with van der Waals surface area (Å²) < 4.78 is 10.6. The summed E-state index contributed by atoms with van der Waals surface area (Å²) in [6, 6.07) is 3.70. The van der Waals surface area contributed by atoms with Gasteiger partial charge in [0.25, 0.3) is 0 Å². The average molecular weight is 296 g/mol. The van der Waals surface area contributed by atoms with E-state index in [0.717, 1.165) is 18.8 Å². The molecule has 0 aromatic carbocycles. The van der Waals surface area contributed by atoms with Crippen molar-refractivity contribution in [2.75, 3.05) is 39.3 Å². The zero-order valence-electron chi connectivity index (χ0n) is 13.0. The Morgan fingerprint density at radius 1 is 1.38 bits per heavy atom. The summed E-state index contributed by atoms with van der Waals surface area (Å²) >= 11 is 0. The van der Waals surface area contributed by atoms with E-state index < -0.39 is 6.10 Å². The number of aliphatic hydroxyl groups is 1. The molecular formula is C16H28N2O3. The van der Waals surface area contributed by atoms with Crippen LogP contribution in [-0.4, -0.2) is 55.4 Å². The minimum absolute atomic E-state index is 0.328. The molecule has 2 atom stereocenters. The van der Waals surface area contributed by atoms with Crippen LogP contribution in [0.25, 0.3) is 0 Å². The lowest BCUT2D eigenvalue weighted by atomic mass is 10.1. The molecule has 21 heavy (non-hydrogen) atoms. The predicted octanol–water partition coefficient (Wildman–Crippen LogP) is 1.48. The molecule has 1 saturated heterocycles. The van der Waals surface area contributed by atoms with Crippen molar-refractivity contribution in [2.45, 2.75) is 32.5 Å².